The highest BCUT2D eigenvalue weighted by Crippen LogP contribution is 2.32. The van der Waals surface area contributed by atoms with E-state index in [1.807, 2.05) is 6.08 Å². The number of amides is 2. The Kier molecular flexibility index (Phi) is 3.89. The van der Waals surface area contributed by atoms with E-state index in [0.717, 1.165) is 23.3 Å². The van der Waals surface area contributed by atoms with Crippen molar-refractivity contribution in [2.24, 2.45) is 4.99 Å². The molecule has 1 fully saturated rings. The summed E-state index contributed by atoms with van der Waals surface area (Å²) in [5.74, 6) is -0.384. The van der Waals surface area contributed by atoms with Crippen molar-refractivity contribution in [3.63, 3.8) is 0 Å². The molecular formula is C17H17N3O3. The van der Waals surface area contributed by atoms with E-state index in [9.17, 15) is 15.0 Å². The lowest BCUT2D eigenvalue weighted by Crippen LogP contribution is -2.24. The first-order chi connectivity index (χ1) is 11.1. The summed E-state index contributed by atoms with van der Waals surface area (Å²) >= 11 is 0. The minimum absolute atomic E-state index is 0.183. The molecule has 2 heterocycles. The molecule has 1 aromatic carbocycles. The smallest absolute Gasteiger partial charge is 0.322 e. The maximum Gasteiger partial charge on any atom is 0.322 e. The molecule has 1 unspecified atom stereocenters. The second-order valence-corrected chi connectivity index (χ2v) is 5.35. The van der Waals surface area contributed by atoms with Crippen LogP contribution in [0.5, 0.6) is 11.5 Å². The van der Waals surface area contributed by atoms with Crippen LogP contribution in [0, 0.1) is 0 Å². The second kappa shape index (κ2) is 6.00. The molecule has 0 spiro atoms. The van der Waals surface area contributed by atoms with Crippen LogP contribution in [0.4, 0.5) is 4.79 Å². The minimum Gasteiger partial charge on any atom is -0.504 e. The molecule has 6 heteroatoms. The Bertz CT molecular complexity index is 749. The number of urea groups is 1. The molecule has 23 heavy (non-hydrogen) atoms. The summed E-state index contributed by atoms with van der Waals surface area (Å²) in [5, 5.41) is 21.8. The molecule has 1 aromatic rings. The quantitative estimate of drug-likeness (QED) is 0.750. The number of phenolic OH excluding ortho intramolecular Hbond substituents is 2. The SMILES string of the molecule is C=C1N=CC/C1=C/C=C/N1C(=O)NCC1c1ccc(O)c(O)c1. The molecule has 118 valence electrons. The lowest BCUT2D eigenvalue weighted by atomic mass is 10.1. The van der Waals surface area contributed by atoms with Gasteiger partial charge in [0.1, 0.15) is 0 Å². The van der Waals surface area contributed by atoms with Crippen LogP contribution >= 0.6 is 0 Å². The third-order valence-electron chi connectivity index (χ3n) is 3.87. The third-order valence-corrected chi connectivity index (χ3v) is 3.87. The Balaban J connectivity index is 1.80. The number of nitrogens with zero attached hydrogens (tertiary/aromatic N) is 2. The Labute approximate surface area is 133 Å². The number of aliphatic imine (C=N–C) groups is 1. The highest BCUT2D eigenvalue weighted by atomic mass is 16.3. The van der Waals surface area contributed by atoms with Gasteiger partial charge < -0.3 is 15.5 Å². The number of allylic oxidation sites excluding steroid dienone is 3. The summed E-state index contributed by atoms with van der Waals surface area (Å²) in [6.45, 7) is 4.27. The molecular weight excluding hydrogens is 294 g/mol. The van der Waals surface area contributed by atoms with E-state index in [0.29, 0.717) is 6.54 Å². The number of carbonyl (C=O) groups excluding carboxylic acids is 1. The van der Waals surface area contributed by atoms with Crippen LogP contribution in [-0.2, 0) is 0 Å². The van der Waals surface area contributed by atoms with Gasteiger partial charge in [-0.3, -0.25) is 9.89 Å². The molecule has 0 aliphatic carbocycles. The molecule has 2 amide bonds. The van der Waals surface area contributed by atoms with Crippen molar-refractivity contribution in [3.8, 4) is 11.5 Å². The van der Waals surface area contributed by atoms with Crippen LogP contribution in [-0.4, -0.2) is 33.9 Å². The van der Waals surface area contributed by atoms with Gasteiger partial charge in [-0.05, 0) is 29.3 Å². The average Bonchev–Trinajstić information content (AvgIpc) is 3.09. The summed E-state index contributed by atoms with van der Waals surface area (Å²) in [7, 11) is 0. The zero-order valence-corrected chi connectivity index (χ0v) is 12.4. The standard InChI is InChI=1S/C17H17N3O3/c1-11-12(6-7-18-11)3-2-8-20-14(10-19-17(20)23)13-4-5-15(21)16(22)9-13/h2-5,7-9,14,21-22H,1,6,10H2,(H,19,23)/b8-2+,12-3-. The number of aromatic hydroxyl groups is 2. The summed E-state index contributed by atoms with van der Waals surface area (Å²) in [4.78, 5) is 17.6. The highest BCUT2D eigenvalue weighted by Gasteiger charge is 2.30. The van der Waals surface area contributed by atoms with E-state index < -0.39 is 0 Å². The van der Waals surface area contributed by atoms with Crippen molar-refractivity contribution < 1.29 is 15.0 Å². The fraction of sp³-hybridized carbons (Fsp3) is 0.176. The van der Waals surface area contributed by atoms with Gasteiger partial charge in [0.25, 0.3) is 0 Å². The maximum absolute atomic E-state index is 12.0. The van der Waals surface area contributed by atoms with Crippen molar-refractivity contribution in [1.82, 2.24) is 10.2 Å². The molecule has 3 rings (SSSR count). The van der Waals surface area contributed by atoms with Gasteiger partial charge in [0.05, 0.1) is 11.7 Å². The van der Waals surface area contributed by atoms with E-state index in [1.54, 1.807) is 29.5 Å². The van der Waals surface area contributed by atoms with Gasteiger partial charge in [-0.15, -0.1) is 0 Å². The minimum atomic E-state index is -0.244. The molecule has 0 bridgehead atoms. The number of benzene rings is 1. The molecule has 6 nitrogen and oxygen atoms in total. The normalized spacial score (nSPS) is 22.5. The van der Waals surface area contributed by atoms with E-state index in [2.05, 4.69) is 16.9 Å². The van der Waals surface area contributed by atoms with E-state index >= 15 is 0 Å². The van der Waals surface area contributed by atoms with Crippen molar-refractivity contribution in [2.45, 2.75) is 12.5 Å². The van der Waals surface area contributed by atoms with Crippen molar-refractivity contribution >= 4 is 12.2 Å². The molecule has 0 aromatic heterocycles. The molecule has 1 atom stereocenters. The van der Waals surface area contributed by atoms with Gasteiger partial charge in [-0.2, -0.15) is 0 Å². The van der Waals surface area contributed by atoms with Crippen LogP contribution in [0.3, 0.4) is 0 Å². The summed E-state index contributed by atoms with van der Waals surface area (Å²) in [5.41, 5.74) is 2.49. The number of nitrogens with one attached hydrogen (secondary N) is 1. The molecule has 3 N–H and O–H groups in total. The number of rotatable bonds is 3. The van der Waals surface area contributed by atoms with Crippen LogP contribution in [0.1, 0.15) is 18.0 Å². The van der Waals surface area contributed by atoms with Gasteiger partial charge >= 0.3 is 6.03 Å². The van der Waals surface area contributed by atoms with Crippen LogP contribution in [0.25, 0.3) is 0 Å². The topological polar surface area (TPSA) is 85.2 Å². The first-order valence-corrected chi connectivity index (χ1v) is 7.23. The number of carbonyl (C=O) groups is 1. The number of hydrogen-bond acceptors (Lipinski definition) is 4. The van der Waals surface area contributed by atoms with Gasteiger partial charge in [0.15, 0.2) is 11.5 Å². The molecule has 2 aliphatic heterocycles. The molecule has 0 saturated carbocycles. The fourth-order valence-electron chi connectivity index (χ4n) is 2.58. The van der Waals surface area contributed by atoms with Crippen LogP contribution in [0.2, 0.25) is 0 Å². The largest absolute Gasteiger partial charge is 0.504 e. The average molecular weight is 311 g/mol. The van der Waals surface area contributed by atoms with Gasteiger partial charge in [-0.25, -0.2) is 4.79 Å². The lowest BCUT2D eigenvalue weighted by molar-refractivity contribution is 0.223. The Morgan fingerprint density at radius 1 is 1.35 bits per heavy atom. The Morgan fingerprint density at radius 2 is 2.17 bits per heavy atom. The highest BCUT2D eigenvalue weighted by molar-refractivity contribution is 5.78. The monoisotopic (exact) mass is 311 g/mol. The van der Waals surface area contributed by atoms with E-state index in [4.69, 9.17) is 0 Å². The zero-order valence-electron chi connectivity index (χ0n) is 12.4. The fourth-order valence-corrected chi connectivity index (χ4v) is 2.58. The van der Waals surface area contributed by atoms with E-state index in [1.165, 1.54) is 12.1 Å². The second-order valence-electron chi connectivity index (χ2n) is 5.35. The van der Waals surface area contributed by atoms with Gasteiger partial charge in [-0.1, -0.05) is 18.7 Å². The van der Waals surface area contributed by atoms with Gasteiger partial charge in [0.2, 0.25) is 0 Å². The van der Waals surface area contributed by atoms with Gasteiger partial charge in [0, 0.05) is 25.4 Å². The number of phenols is 2. The summed E-state index contributed by atoms with van der Waals surface area (Å²) < 4.78 is 0. The summed E-state index contributed by atoms with van der Waals surface area (Å²) in [6, 6.07) is 4.11. The first kappa shape index (κ1) is 14.9. The summed E-state index contributed by atoms with van der Waals surface area (Å²) in [6.07, 6.45) is 7.90. The molecule has 2 aliphatic rings. The maximum atomic E-state index is 12.0. The molecule has 1 saturated heterocycles. The molecule has 0 radical (unpaired) electrons. The van der Waals surface area contributed by atoms with Crippen molar-refractivity contribution in [1.29, 1.82) is 0 Å². The van der Waals surface area contributed by atoms with Crippen LogP contribution < -0.4 is 5.32 Å². The first-order valence-electron chi connectivity index (χ1n) is 7.23. The zero-order chi connectivity index (χ0) is 16.4. The Hall–Kier alpha value is -3.02. The van der Waals surface area contributed by atoms with Crippen molar-refractivity contribution in [3.05, 3.63) is 60.0 Å². The van der Waals surface area contributed by atoms with E-state index in [-0.39, 0.29) is 23.6 Å². The third kappa shape index (κ3) is 2.96. The predicted molar refractivity (Wildman–Crippen MR) is 87.2 cm³/mol. The predicted octanol–water partition coefficient (Wildman–Crippen LogP) is 2.59. The van der Waals surface area contributed by atoms with Crippen LogP contribution in [0.15, 0.2) is 59.4 Å². The Morgan fingerprint density at radius 3 is 2.87 bits per heavy atom. The lowest BCUT2D eigenvalue weighted by Gasteiger charge is -2.19. The van der Waals surface area contributed by atoms with Crippen molar-refractivity contribution in [2.75, 3.05) is 6.54 Å². The number of hydrogen-bond donors (Lipinski definition) is 3.